The molecule has 2 N–H and O–H groups in total. The van der Waals surface area contributed by atoms with Gasteiger partial charge in [-0.3, -0.25) is 9.67 Å². The molecule has 8 rings (SSSR count). The first-order chi connectivity index (χ1) is 20.4. The third-order valence-electron chi connectivity index (χ3n) is 8.30. The summed E-state index contributed by atoms with van der Waals surface area (Å²) in [5, 5.41) is 8.64. The van der Waals surface area contributed by atoms with Crippen LogP contribution in [0.2, 0.25) is 0 Å². The maximum atomic E-state index is 16.4. The highest BCUT2D eigenvalue weighted by molar-refractivity contribution is 5.99. The number of piperazine rings is 1. The van der Waals surface area contributed by atoms with Gasteiger partial charge in [0.1, 0.15) is 23.6 Å². The fourth-order valence-corrected chi connectivity index (χ4v) is 6.30. The molecule has 0 aliphatic carbocycles. The van der Waals surface area contributed by atoms with Gasteiger partial charge >= 0.3 is 6.01 Å². The van der Waals surface area contributed by atoms with Gasteiger partial charge in [0.2, 0.25) is 0 Å². The van der Waals surface area contributed by atoms with E-state index in [9.17, 15) is 8.78 Å². The van der Waals surface area contributed by atoms with Gasteiger partial charge in [0.05, 0.1) is 28.3 Å². The standard InChI is InChI=1S/C30H25F3N8O/c1-40-23-9-18(37-22(23)11-35-40)14-42-30-38-28-20(29(39-30)41-12-16-6-7-17(13-41)36-16)10-34-27(26(28)33)19-4-2-3-15-5-8-21(31)25(32)24(15)19/h2-5,8-11,16-17,36-37H,6-7,12-14H2,1H3/t16-,17+. The highest BCUT2D eigenvalue weighted by atomic mass is 19.2. The lowest BCUT2D eigenvalue weighted by Gasteiger charge is -2.34. The molecule has 0 amide bonds. The van der Waals surface area contributed by atoms with Gasteiger partial charge in [-0.25, -0.2) is 13.2 Å². The molecule has 2 aliphatic rings. The zero-order valence-electron chi connectivity index (χ0n) is 22.5. The molecule has 2 aliphatic heterocycles. The molecule has 4 aromatic heterocycles. The molecule has 6 heterocycles. The van der Waals surface area contributed by atoms with Gasteiger partial charge in [0.15, 0.2) is 17.5 Å². The van der Waals surface area contributed by atoms with Gasteiger partial charge in [0, 0.05) is 49.4 Å². The Morgan fingerprint density at radius 2 is 1.83 bits per heavy atom. The molecule has 0 saturated carbocycles. The smallest absolute Gasteiger partial charge is 0.319 e. The molecule has 2 saturated heterocycles. The summed E-state index contributed by atoms with van der Waals surface area (Å²) in [6.07, 6.45) is 5.36. The Morgan fingerprint density at radius 3 is 2.64 bits per heavy atom. The average molecular weight is 571 g/mol. The fraction of sp³-hybridized carbons (Fsp3) is 0.267. The minimum Gasteiger partial charge on any atom is -0.457 e. The van der Waals surface area contributed by atoms with E-state index in [1.54, 1.807) is 23.0 Å². The molecule has 9 nitrogen and oxygen atoms in total. The van der Waals surface area contributed by atoms with Crippen LogP contribution in [-0.4, -0.2) is 54.9 Å². The second kappa shape index (κ2) is 9.41. The van der Waals surface area contributed by atoms with Crippen LogP contribution in [0.3, 0.4) is 0 Å². The Kier molecular flexibility index (Phi) is 5.61. The van der Waals surface area contributed by atoms with Crippen LogP contribution in [-0.2, 0) is 13.7 Å². The van der Waals surface area contributed by atoms with Crippen molar-refractivity contribution in [2.24, 2.45) is 7.05 Å². The van der Waals surface area contributed by atoms with Crippen LogP contribution < -0.4 is 15.0 Å². The molecule has 42 heavy (non-hydrogen) atoms. The number of aryl methyl sites for hydroxylation is 1. The van der Waals surface area contributed by atoms with Crippen LogP contribution >= 0.6 is 0 Å². The van der Waals surface area contributed by atoms with Crippen molar-refractivity contribution >= 4 is 38.5 Å². The van der Waals surface area contributed by atoms with E-state index in [1.165, 1.54) is 18.3 Å². The van der Waals surface area contributed by atoms with Crippen molar-refractivity contribution in [3.8, 4) is 17.3 Å². The van der Waals surface area contributed by atoms with Gasteiger partial charge in [-0.2, -0.15) is 15.1 Å². The molecule has 212 valence electrons. The highest BCUT2D eigenvalue weighted by Gasteiger charge is 2.34. The van der Waals surface area contributed by atoms with E-state index in [1.807, 2.05) is 13.1 Å². The van der Waals surface area contributed by atoms with E-state index in [2.05, 4.69) is 30.3 Å². The lowest BCUT2D eigenvalue weighted by Crippen LogP contribution is -2.51. The van der Waals surface area contributed by atoms with Crippen LogP contribution in [0.4, 0.5) is 19.0 Å². The Balaban J connectivity index is 1.26. The summed E-state index contributed by atoms with van der Waals surface area (Å²) in [7, 11) is 1.85. The summed E-state index contributed by atoms with van der Waals surface area (Å²) in [4.78, 5) is 19.0. The summed E-state index contributed by atoms with van der Waals surface area (Å²) < 4.78 is 53.4. The van der Waals surface area contributed by atoms with E-state index in [4.69, 9.17) is 9.72 Å². The van der Waals surface area contributed by atoms with Crippen LogP contribution in [0.25, 0.3) is 44.0 Å². The number of nitrogens with one attached hydrogen (secondary N) is 2. The fourth-order valence-electron chi connectivity index (χ4n) is 6.30. The number of anilines is 1. The maximum Gasteiger partial charge on any atom is 0.319 e. The van der Waals surface area contributed by atoms with Crippen molar-refractivity contribution in [1.82, 2.24) is 35.0 Å². The van der Waals surface area contributed by atoms with E-state index in [0.717, 1.165) is 35.6 Å². The second-order valence-electron chi connectivity index (χ2n) is 11.0. The van der Waals surface area contributed by atoms with Gasteiger partial charge in [0.25, 0.3) is 0 Å². The Hall–Kier alpha value is -4.71. The number of aromatic nitrogens is 6. The molecule has 2 aromatic carbocycles. The molecule has 0 radical (unpaired) electrons. The molecular formula is C30H25F3N8O. The Morgan fingerprint density at radius 1 is 1.00 bits per heavy atom. The van der Waals surface area contributed by atoms with Crippen molar-refractivity contribution in [3.05, 3.63) is 71.9 Å². The summed E-state index contributed by atoms with van der Waals surface area (Å²) in [6.45, 7) is 1.53. The quantitative estimate of drug-likeness (QED) is 0.301. The number of hydrogen-bond donors (Lipinski definition) is 2. The van der Waals surface area contributed by atoms with Crippen LogP contribution in [0.5, 0.6) is 6.01 Å². The number of halogens is 3. The number of nitrogens with zero attached hydrogens (tertiary/aromatic N) is 6. The molecule has 2 bridgehead atoms. The van der Waals surface area contributed by atoms with Gasteiger partial charge in [-0.05, 0) is 30.4 Å². The average Bonchev–Trinajstić information content (AvgIpc) is 3.68. The van der Waals surface area contributed by atoms with Crippen molar-refractivity contribution < 1.29 is 17.9 Å². The monoisotopic (exact) mass is 570 g/mol. The normalized spacial score (nSPS) is 18.5. The summed E-state index contributed by atoms with van der Waals surface area (Å²) in [5.41, 5.74) is 2.59. The van der Waals surface area contributed by atoms with Crippen molar-refractivity contribution in [2.75, 3.05) is 18.0 Å². The van der Waals surface area contributed by atoms with Crippen LogP contribution in [0.15, 0.2) is 48.8 Å². The number of aromatic amines is 1. The Labute approximate surface area is 237 Å². The van der Waals surface area contributed by atoms with Gasteiger partial charge in [-0.1, -0.05) is 24.3 Å². The van der Waals surface area contributed by atoms with E-state index >= 15 is 4.39 Å². The zero-order valence-corrected chi connectivity index (χ0v) is 22.5. The lowest BCUT2D eigenvalue weighted by atomic mass is 10.00. The number of rotatable bonds is 5. The third kappa shape index (κ3) is 3.97. The summed E-state index contributed by atoms with van der Waals surface area (Å²) in [6, 6.07) is 9.90. The molecular weight excluding hydrogens is 545 g/mol. The number of hydrogen-bond acceptors (Lipinski definition) is 7. The third-order valence-corrected chi connectivity index (χ3v) is 8.30. The summed E-state index contributed by atoms with van der Waals surface area (Å²) in [5.74, 6) is -2.30. The number of ether oxygens (including phenoxy) is 1. The topological polar surface area (TPSA) is 96.8 Å². The number of pyridine rings is 1. The zero-order chi connectivity index (χ0) is 28.5. The number of benzene rings is 2. The largest absolute Gasteiger partial charge is 0.457 e. The minimum absolute atomic E-state index is 0.000501. The first-order valence-electron chi connectivity index (χ1n) is 13.8. The Bertz CT molecular complexity index is 2010. The van der Waals surface area contributed by atoms with Crippen molar-refractivity contribution in [2.45, 2.75) is 31.5 Å². The lowest BCUT2D eigenvalue weighted by molar-refractivity contribution is 0.278. The first-order valence-corrected chi connectivity index (χ1v) is 13.8. The minimum atomic E-state index is -1.05. The molecule has 12 heteroatoms. The molecule has 0 spiro atoms. The van der Waals surface area contributed by atoms with E-state index < -0.39 is 17.5 Å². The van der Waals surface area contributed by atoms with Crippen molar-refractivity contribution in [3.63, 3.8) is 0 Å². The maximum absolute atomic E-state index is 16.4. The van der Waals surface area contributed by atoms with Gasteiger partial charge < -0.3 is 19.9 Å². The highest BCUT2D eigenvalue weighted by Crippen LogP contribution is 2.37. The first kappa shape index (κ1) is 25.0. The summed E-state index contributed by atoms with van der Waals surface area (Å²) >= 11 is 0. The van der Waals surface area contributed by atoms with Crippen LogP contribution in [0, 0.1) is 17.5 Å². The van der Waals surface area contributed by atoms with E-state index in [0.29, 0.717) is 41.8 Å². The number of H-pyrrole nitrogens is 1. The molecule has 6 aromatic rings. The van der Waals surface area contributed by atoms with Crippen LogP contribution in [0.1, 0.15) is 18.5 Å². The molecule has 2 fully saturated rings. The SMILES string of the molecule is Cn1ncc2[nH]c(COc3nc(N4C[C@H]5CC[C@@H](C4)N5)c4cnc(-c5cccc6ccc(F)c(F)c56)c(F)c4n3)cc21. The molecule has 0 unspecified atom stereocenters. The van der Waals surface area contributed by atoms with Crippen molar-refractivity contribution in [1.29, 1.82) is 0 Å². The predicted octanol–water partition coefficient (Wildman–Crippen LogP) is 5.00. The second-order valence-corrected chi connectivity index (χ2v) is 11.0. The van der Waals surface area contributed by atoms with Gasteiger partial charge in [-0.15, -0.1) is 0 Å². The predicted molar refractivity (Wildman–Crippen MR) is 152 cm³/mol. The number of fused-ring (bicyclic) bond motifs is 5. The van der Waals surface area contributed by atoms with E-state index in [-0.39, 0.29) is 34.8 Å². The molecule has 2 atom stereocenters.